The van der Waals surface area contributed by atoms with Crippen LogP contribution >= 0.6 is 0 Å². The highest BCUT2D eigenvalue weighted by molar-refractivity contribution is 5.68. The highest BCUT2D eigenvalue weighted by Gasteiger charge is 2.26. The summed E-state index contributed by atoms with van der Waals surface area (Å²) in [6.45, 7) is 9.37. The summed E-state index contributed by atoms with van der Waals surface area (Å²) in [6, 6.07) is 5.81. The third-order valence-electron chi connectivity index (χ3n) is 3.91. The highest BCUT2D eigenvalue weighted by atomic mass is 16.6. The molecule has 1 aliphatic heterocycles. The summed E-state index contributed by atoms with van der Waals surface area (Å²) in [5, 5.41) is 0. The molecular formula is C18H28N2O4. The molecule has 0 radical (unpaired) electrons. The zero-order valence-electron chi connectivity index (χ0n) is 15.3. The van der Waals surface area contributed by atoms with Crippen LogP contribution < -0.4 is 9.47 Å². The lowest BCUT2D eigenvalue weighted by molar-refractivity contribution is 0.0138. The molecule has 134 valence electrons. The van der Waals surface area contributed by atoms with Crippen molar-refractivity contribution < 1.29 is 19.0 Å². The molecule has 2 rings (SSSR count). The molecule has 0 unspecified atom stereocenters. The second-order valence-electron chi connectivity index (χ2n) is 6.92. The van der Waals surface area contributed by atoms with Crippen LogP contribution in [0.5, 0.6) is 11.5 Å². The monoisotopic (exact) mass is 336 g/mol. The lowest BCUT2D eigenvalue weighted by atomic mass is 10.1. The van der Waals surface area contributed by atoms with Gasteiger partial charge in [0.25, 0.3) is 0 Å². The normalized spacial score (nSPS) is 16.0. The van der Waals surface area contributed by atoms with Crippen molar-refractivity contribution in [2.75, 3.05) is 40.4 Å². The molecule has 24 heavy (non-hydrogen) atoms. The van der Waals surface area contributed by atoms with Crippen LogP contribution in [0.4, 0.5) is 4.79 Å². The van der Waals surface area contributed by atoms with Crippen LogP contribution in [-0.2, 0) is 11.3 Å². The minimum Gasteiger partial charge on any atom is -0.497 e. The number of hydrogen-bond acceptors (Lipinski definition) is 5. The summed E-state index contributed by atoms with van der Waals surface area (Å²) in [5.41, 5.74) is 0.630. The Morgan fingerprint density at radius 3 is 2.29 bits per heavy atom. The van der Waals surface area contributed by atoms with Gasteiger partial charge in [-0.3, -0.25) is 4.90 Å². The number of carbonyl (C=O) groups excluding carboxylic acids is 1. The molecule has 0 bridgehead atoms. The van der Waals surface area contributed by atoms with Crippen LogP contribution in [0.25, 0.3) is 0 Å². The number of hydrogen-bond donors (Lipinski definition) is 0. The van der Waals surface area contributed by atoms with Crippen molar-refractivity contribution in [2.45, 2.75) is 32.9 Å². The lowest BCUT2D eigenvalue weighted by Crippen LogP contribution is -2.49. The fourth-order valence-corrected chi connectivity index (χ4v) is 2.66. The zero-order chi connectivity index (χ0) is 17.7. The standard InChI is InChI=1S/C18H28N2O4/c1-18(2,3)24-17(21)20-10-8-19(9-11-20)13-14-12-15(22-4)6-7-16(14)23-5/h6-7,12H,8-11,13H2,1-5H3. The van der Waals surface area contributed by atoms with Gasteiger partial charge in [-0.15, -0.1) is 0 Å². The number of nitrogens with zero attached hydrogens (tertiary/aromatic N) is 2. The van der Waals surface area contributed by atoms with Crippen molar-refractivity contribution in [3.8, 4) is 11.5 Å². The third kappa shape index (κ3) is 5.03. The molecule has 1 saturated heterocycles. The highest BCUT2D eigenvalue weighted by Crippen LogP contribution is 2.25. The fourth-order valence-electron chi connectivity index (χ4n) is 2.66. The number of ether oxygens (including phenoxy) is 3. The number of piperazine rings is 1. The molecule has 0 aromatic heterocycles. The van der Waals surface area contributed by atoms with E-state index in [-0.39, 0.29) is 6.09 Å². The van der Waals surface area contributed by atoms with E-state index in [1.807, 2.05) is 39.0 Å². The molecular weight excluding hydrogens is 308 g/mol. The summed E-state index contributed by atoms with van der Waals surface area (Å²) in [4.78, 5) is 16.2. The maximum absolute atomic E-state index is 12.1. The second-order valence-corrected chi connectivity index (χ2v) is 6.92. The number of benzene rings is 1. The number of carbonyl (C=O) groups is 1. The molecule has 6 heteroatoms. The smallest absolute Gasteiger partial charge is 0.410 e. The van der Waals surface area contributed by atoms with E-state index in [0.717, 1.165) is 36.7 Å². The van der Waals surface area contributed by atoms with Crippen molar-refractivity contribution in [1.82, 2.24) is 9.80 Å². The van der Waals surface area contributed by atoms with Gasteiger partial charge in [-0.2, -0.15) is 0 Å². The van der Waals surface area contributed by atoms with Gasteiger partial charge in [0.1, 0.15) is 17.1 Å². The average Bonchev–Trinajstić information content (AvgIpc) is 2.53. The summed E-state index contributed by atoms with van der Waals surface area (Å²) in [5.74, 6) is 1.67. The van der Waals surface area contributed by atoms with Crippen LogP contribution in [0.1, 0.15) is 26.3 Å². The Balaban J connectivity index is 1.92. The minimum atomic E-state index is -0.456. The topological polar surface area (TPSA) is 51.2 Å². The zero-order valence-corrected chi connectivity index (χ0v) is 15.3. The van der Waals surface area contributed by atoms with Crippen LogP contribution in [0.15, 0.2) is 18.2 Å². The number of methoxy groups -OCH3 is 2. The summed E-state index contributed by atoms with van der Waals surface area (Å²) >= 11 is 0. The van der Waals surface area contributed by atoms with E-state index < -0.39 is 5.60 Å². The van der Waals surface area contributed by atoms with E-state index >= 15 is 0 Å². The maximum Gasteiger partial charge on any atom is 0.410 e. The number of amides is 1. The quantitative estimate of drug-likeness (QED) is 0.846. The van der Waals surface area contributed by atoms with Crippen molar-refractivity contribution in [1.29, 1.82) is 0 Å². The first-order valence-corrected chi connectivity index (χ1v) is 8.23. The molecule has 1 aliphatic rings. The predicted octanol–water partition coefficient (Wildman–Crippen LogP) is 2.76. The Morgan fingerprint density at radius 1 is 1.08 bits per heavy atom. The van der Waals surface area contributed by atoms with Crippen LogP contribution in [0, 0.1) is 0 Å². The molecule has 0 N–H and O–H groups in total. The Morgan fingerprint density at radius 2 is 1.75 bits per heavy atom. The summed E-state index contributed by atoms with van der Waals surface area (Å²) < 4.78 is 16.2. The van der Waals surface area contributed by atoms with Crippen LogP contribution in [0.3, 0.4) is 0 Å². The van der Waals surface area contributed by atoms with Gasteiger partial charge < -0.3 is 19.1 Å². The molecule has 1 fully saturated rings. The van der Waals surface area contributed by atoms with Crippen molar-refractivity contribution >= 4 is 6.09 Å². The average molecular weight is 336 g/mol. The van der Waals surface area contributed by atoms with Crippen LogP contribution in [-0.4, -0.2) is 61.9 Å². The Kier molecular flexibility index (Phi) is 5.94. The molecule has 1 heterocycles. The molecule has 6 nitrogen and oxygen atoms in total. The first kappa shape index (κ1) is 18.4. The Hall–Kier alpha value is -1.95. The Bertz CT molecular complexity index is 561. The summed E-state index contributed by atoms with van der Waals surface area (Å²) in [6.07, 6.45) is -0.235. The first-order chi connectivity index (χ1) is 11.3. The van der Waals surface area contributed by atoms with Crippen molar-refractivity contribution in [3.63, 3.8) is 0 Å². The molecule has 0 aliphatic carbocycles. The lowest BCUT2D eigenvalue weighted by Gasteiger charge is -2.35. The molecule has 0 saturated carbocycles. The first-order valence-electron chi connectivity index (χ1n) is 8.23. The molecule has 0 spiro atoms. The van der Waals surface area contributed by atoms with Gasteiger partial charge in [0.05, 0.1) is 14.2 Å². The molecule has 1 aromatic carbocycles. The van der Waals surface area contributed by atoms with E-state index in [4.69, 9.17) is 14.2 Å². The van der Waals surface area contributed by atoms with Crippen molar-refractivity contribution in [3.05, 3.63) is 23.8 Å². The molecule has 1 amide bonds. The van der Waals surface area contributed by atoms with Gasteiger partial charge in [-0.05, 0) is 39.0 Å². The van der Waals surface area contributed by atoms with E-state index in [0.29, 0.717) is 13.1 Å². The van der Waals surface area contributed by atoms with Crippen LogP contribution in [0.2, 0.25) is 0 Å². The van der Waals surface area contributed by atoms with E-state index in [2.05, 4.69) is 4.90 Å². The fraction of sp³-hybridized carbons (Fsp3) is 0.611. The van der Waals surface area contributed by atoms with E-state index in [1.165, 1.54) is 0 Å². The van der Waals surface area contributed by atoms with Gasteiger partial charge in [0, 0.05) is 38.3 Å². The van der Waals surface area contributed by atoms with Gasteiger partial charge in [-0.1, -0.05) is 0 Å². The molecule has 0 atom stereocenters. The Labute approximate surface area is 144 Å². The largest absolute Gasteiger partial charge is 0.497 e. The minimum absolute atomic E-state index is 0.235. The number of rotatable bonds is 4. The second kappa shape index (κ2) is 7.75. The third-order valence-corrected chi connectivity index (χ3v) is 3.91. The van der Waals surface area contributed by atoms with Gasteiger partial charge in [0.15, 0.2) is 0 Å². The van der Waals surface area contributed by atoms with Gasteiger partial charge >= 0.3 is 6.09 Å². The predicted molar refractivity (Wildman–Crippen MR) is 92.6 cm³/mol. The van der Waals surface area contributed by atoms with E-state index in [9.17, 15) is 4.79 Å². The van der Waals surface area contributed by atoms with Gasteiger partial charge in [-0.25, -0.2) is 4.79 Å². The van der Waals surface area contributed by atoms with E-state index in [1.54, 1.807) is 19.1 Å². The summed E-state index contributed by atoms with van der Waals surface area (Å²) in [7, 11) is 3.33. The van der Waals surface area contributed by atoms with Crippen molar-refractivity contribution in [2.24, 2.45) is 0 Å². The maximum atomic E-state index is 12.1. The molecule has 1 aromatic rings. The SMILES string of the molecule is COc1ccc(OC)c(CN2CCN(C(=O)OC(C)(C)C)CC2)c1. The van der Waals surface area contributed by atoms with Gasteiger partial charge in [0.2, 0.25) is 0 Å².